The number of nitrogens with one attached hydrogen (secondary N) is 1. The molecule has 0 saturated heterocycles. The van der Waals surface area contributed by atoms with Gasteiger partial charge in [-0.1, -0.05) is 18.2 Å². The standard InChI is InChI=1S/C10H13NO/c1-11-9-6-8-4-2-3-5-10(8)12-7-9/h2-5,9,11H,6-7H2,1H3. The topological polar surface area (TPSA) is 21.3 Å². The molecule has 1 N–H and O–H groups in total. The van der Waals surface area contributed by atoms with Crippen molar-refractivity contribution < 1.29 is 4.74 Å². The molecule has 2 nitrogen and oxygen atoms in total. The van der Waals surface area contributed by atoms with Gasteiger partial charge in [-0.3, -0.25) is 0 Å². The van der Waals surface area contributed by atoms with E-state index in [4.69, 9.17) is 4.74 Å². The Bertz CT molecular complexity index is 272. The van der Waals surface area contributed by atoms with Gasteiger partial charge in [-0.05, 0) is 25.1 Å². The fourth-order valence-corrected chi connectivity index (χ4v) is 1.51. The van der Waals surface area contributed by atoms with E-state index in [0.717, 1.165) is 18.8 Å². The number of benzene rings is 1. The molecule has 1 aliphatic heterocycles. The van der Waals surface area contributed by atoms with Gasteiger partial charge in [0.2, 0.25) is 0 Å². The van der Waals surface area contributed by atoms with Gasteiger partial charge in [0.05, 0.1) is 0 Å². The van der Waals surface area contributed by atoms with E-state index in [1.165, 1.54) is 5.56 Å². The zero-order chi connectivity index (χ0) is 8.39. The number of ether oxygens (including phenoxy) is 1. The molecule has 1 unspecified atom stereocenters. The summed E-state index contributed by atoms with van der Waals surface area (Å²) in [6.45, 7) is 0.785. The van der Waals surface area contributed by atoms with Crippen molar-refractivity contribution in [3.63, 3.8) is 0 Å². The van der Waals surface area contributed by atoms with Crippen LogP contribution in [0.15, 0.2) is 24.3 Å². The van der Waals surface area contributed by atoms with Gasteiger partial charge >= 0.3 is 0 Å². The second kappa shape index (κ2) is 3.15. The van der Waals surface area contributed by atoms with Gasteiger partial charge in [0.15, 0.2) is 0 Å². The van der Waals surface area contributed by atoms with Crippen LogP contribution >= 0.6 is 0 Å². The van der Waals surface area contributed by atoms with Gasteiger partial charge in [0.25, 0.3) is 0 Å². The van der Waals surface area contributed by atoms with Crippen LogP contribution in [0.1, 0.15) is 5.56 Å². The van der Waals surface area contributed by atoms with Crippen molar-refractivity contribution in [3.05, 3.63) is 29.8 Å². The number of hydrogen-bond acceptors (Lipinski definition) is 2. The predicted molar refractivity (Wildman–Crippen MR) is 48.5 cm³/mol. The Kier molecular flexibility index (Phi) is 2.00. The van der Waals surface area contributed by atoms with Gasteiger partial charge in [0, 0.05) is 6.04 Å². The van der Waals surface area contributed by atoms with Crippen LogP contribution in [0.25, 0.3) is 0 Å². The summed E-state index contributed by atoms with van der Waals surface area (Å²) in [6, 6.07) is 8.69. The highest BCUT2D eigenvalue weighted by Gasteiger charge is 2.16. The van der Waals surface area contributed by atoms with Gasteiger partial charge in [-0.25, -0.2) is 0 Å². The molecule has 1 aromatic rings. The highest BCUT2D eigenvalue weighted by molar-refractivity contribution is 5.35. The molecule has 12 heavy (non-hydrogen) atoms. The van der Waals surface area contributed by atoms with E-state index in [1.54, 1.807) is 0 Å². The highest BCUT2D eigenvalue weighted by atomic mass is 16.5. The van der Waals surface area contributed by atoms with Gasteiger partial charge in [-0.2, -0.15) is 0 Å². The molecule has 0 aliphatic carbocycles. The van der Waals surface area contributed by atoms with Crippen LogP contribution in [-0.4, -0.2) is 19.7 Å². The van der Waals surface area contributed by atoms with Crippen molar-refractivity contribution in [2.24, 2.45) is 0 Å². The molecule has 2 heteroatoms. The van der Waals surface area contributed by atoms with E-state index in [9.17, 15) is 0 Å². The van der Waals surface area contributed by atoms with Crippen LogP contribution in [0.4, 0.5) is 0 Å². The lowest BCUT2D eigenvalue weighted by molar-refractivity contribution is 0.245. The monoisotopic (exact) mass is 163 g/mol. The molecule has 0 aromatic heterocycles. The average molecular weight is 163 g/mol. The number of fused-ring (bicyclic) bond motifs is 1. The molecule has 0 fully saturated rings. The van der Waals surface area contributed by atoms with Crippen molar-refractivity contribution in [3.8, 4) is 5.75 Å². The lowest BCUT2D eigenvalue weighted by Crippen LogP contribution is -2.36. The van der Waals surface area contributed by atoms with E-state index < -0.39 is 0 Å². The Morgan fingerprint density at radius 2 is 2.25 bits per heavy atom. The summed E-state index contributed by atoms with van der Waals surface area (Å²) in [5.74, 6) is 1.05. The van der Waals surface area contributed by atoms with Gasteiger partial charge < -0.3 is 10.1 Å². The Hall–Kier alpha value is -1.02. The second-order valence-corrected chi connectivity index (χ2v) is 3.11. The number of para-hydroxylation sites is 1. The molecule has 1 aromatic carbocycles. The maximum absolute atomic E-state index is 5.56. The lowest BCUT2D eigenvalue weighted by Gasteiger charge is -2.24. The molecule has 1 atom stereocenters. The van der Waals surface area contributed by atoms with E-state index in [-0.39, 0.29) is 0 Å². The smallest absolute Gasteiger partial charge is 0.122 e. The summed E-state index contributed by atoms with van der Waals surface area (Å²) < 4.78 is 5.56. The molecule has 0 radical (unpaired) electrons. The van der Waals surface area contributed by atoms with Crippen molar-refractivity contribution in [1.82, 2.24) is 5.32 Å². The quantitative estimate of drug-likeness (QED) is 0.672. The predicted octanol–water partition coefficient (Wildman–Crippen LogP) is 1.21. The lowest BCUT2D eigenvalue weighted by atomic mass is 10.0. The molecule has 1 heterocycles. The Balaban J connectivity index is 2.23. The molecule has 2 rings (SSSR count). The summed E-state index contributed by atoms with van der Waals surface area (Å²) in [5, 5.41) is 3.22. The Morgan fingerprint density at radius 3 is 3.08 bits per heavy atom. The fourth-order valence-electron chi connectivity index (χ4n) is 1.51. The SMILES string of the molecule is CNC1COc2ccccc2C1. The van der Waals surface area contributed by atoms with Gasteiger partial charge in [0.1, 0.15) is 12.4 Å². The maximum Gasteiger partial charge on any atom is 0.122 e. The third-order valence-corrected chi connectivity index (χ3v) is 2.29. The van der Waals surface area contributed by atoms with Crippen molar-refractivity contribution in [2.45, 2.75) is 12.5 Å². The first kappa shape index (κ1) is 7.62. The summed E-state index contributed by atoms with van der Waals surface area (Å²) in [6.07, 6.45) is 1.08. The first-order valence-corrected chi connectivity index (χ1v) is 4.28. The number of likely N-dealkylation sites (N-methyl/N-ethyl adjacent to an activating group) is 1. The second-order valence-electron chi connectivity index (χ2n) is 3.11. The van der Waals surface area contributed by atoms with E-state index in [1.807, 2.05) is 19.2 Å². The van der Waals surface area contributed by atoms with Crippen LogP contribution in [0.5, 0.6) is 5.75 Å². The van der Waals surface area contributed by atoms with Crippen molar-refractivity contribution >= 4 is 0 Å². The number of rotatable bonds is 1. The van der Waals surface area contributed by atoms with Crippen LogP contribution in [0, 0.1) is 0 Å². The zero-order valence-electron chi connectivity index (χ0n) is 7.21. The minimum Gasteiger partial charge on any atom is -0.492 e. The largest absolute Gasteiger partial charge is 0.492 e. The molecule has 0 saturated carbocycles. The van der Waals surface area contributed by atoms with Crippen LogP contribution in [0.3, 0.4) is 0 Å². The van der Waals surface area contributed by atoms with Crippen LogP contribution < -0.4 is 10.1 Å². The molecule has 64 valence electrons. The summed E-state index contributed by atoms with van der Waals surface area (Å²) in [7, 11) is 1.97. The van der Waals surface area contributed by atoms with E-state index >= 15 is 0 Å². The molecule has 0 bridgehead atoms. The highest BCUT2D eigenvalue weighted by Crippen LogP contribution is 2.23. The zero-order valence-corrected chi connectivity index (χ0v) is 7.21. The first-order valence-electron chi connectivity index (χ1n) is 4.28. The van der Waals surface area contributed by atoms with E-state index in [2.05, 4.69) is 17.4 Å². The molecule has 0 spiro atoms. The maximum atomic E-state index is 5.56. The average Bonchev–Trinajstić information content (AvgIpc) is 2.17. The summed E-state index contributed by atoms with van der Waals surface area (Å²) >= 11 is 0. The normalized spacial score (nSPS) is 21.2. The molecular formula is C10H13NO. The Morgan fingerprint density at radius 1 is 1.42 bits per heavy atom. The minimum atomic E-state index is 0.472. The van der Waals surface area contributed by atoms with Gasteiger partial charge in [-0.15, -0.1) is 0 Å². The Labute approximate surface area is 72.5 Å². The molecular weight excluding hydrogens is 150 g/mol. The van der Waals surface area contributed by atoms with E-state index in [0.29, 0.717) is 6.04 Å². The van der Waals surface area contributed by atoms with Crippen LogP contribution in [0.2, 0.25) is 0 Å². The first-order chi connectivity index (χ1) is 5.90. The fraction of sp³-hybridized carbons (Fsp3) is 0.400. The number of hydrogen-bond donors (Lipinski definition) is 1. The molecule has 1 aliphatic rings. The third-order valence-electron chi connectivity index (χ3n) is 2.29. The minimum absolute atomic E-state index is 0.472. The summed E-state index contributed by atoms with van der Waals surface area (Å²) in [4.78, 5) is 0. The van der Waals surface area contributed by atoms with Crippen molar-refractivity contribution in [2.75, 3.05) is 13.7 Å². The third kappa shape index (κ3) is 1.30. The molecule has 0 amide bonds. The van der Waals surface area contributed by atoms with Crippen LogP contribution in [-0.2, 0) is 6.42 Å². The summed E-state index contributed by atoms with van der Waals surface area (Å²) in [5.41, 5.74) is 1.31. The van der Waals surface area contributed by atoms with Crippen molar-refractivity contribution in [1.29, 1.82) is 0 Å².